The van der Waals surface area contributed by atoms with Gasteiger partial charge >= 0.3 is 0 Å². The van der Waals surface area contributed by atoms with Crippen LogP contribution in [-0.2, 0) is 19.4 Å². The number of benzene rings is 2. The average Bonchev–Trinajstić information content (AvgIpc) is 2.82. The van der Waals surface area contributed by atoms with Gasteiger partial charge in [-0.15, -0.1) is 0 Å². The largest absolute Gasteiger partial charge is 0.496 e. The number of methoxy groups -OCH3 is 1. The fraction of sp³-hybridized carbons (Fsp3) is 0.348. The SMILES string of the molecule is COc1ccccc1C(=O)N[C@@H](C(=O)N1CCN(C(C)=O)CC1)S(=O)(=O)c1ccc(C)cc1. The van der Waals surface area contributed by atoms with Gasteiger partial charge in [-0.25, -0.2) is 8.42 Å². The molecule has 2 aromatic rings. The lowest BCUT2D eigenvalue weighted by Gasteiger charge is -2.36. The summed E-state index contributed by atoms with van der Waals surface area (Å²) in [5.74, 6) is -1.36. The van der Waals surface area contributed by atoms with Crippen molar-refractivity contribution in [2.45, 2.75) is 24.1 Å². The lowest BCUT2D eigenvalue weighted by Crippen LogP contribution is -2.57. The van der Waals surface area contributed by atoms with Gasteiger partial charge in [-0.2, -0.15) is 0 Å². The zero-order valence-electron chi connectivity index (χ0n) is 18.8. The number of aryl methyl sites for hydroxylation is 1. The molecule has 0 unspecified atom stereocenters. The summed E-state index contributed by atoms with van der Waals surface area (Å²) in [6, 6.07) is 12.4. The van der Waals surface area contributed by atoms with Crippen LogP contribution in [0, 0.1) is 6.92 Å². The molecule has 0 aromatic heterocycles. The first-order chi connectivity index (χ1) is 15.6. The minimum atomic E-state index is -4.26. The van der Waals surface area contributed by atoms with Gasteiger partial charge in [0.05, 0.1) is 17.6 Å². The van der Waals surface area contributed by atoms with E-state index in [0.717, 1.165) is 5.56 Å². The highest BCUT2D eigenvalue weighted by atomic mass is 32.2. The molecule has 33 heavy (non-hydrogen) atoms. The van der Waals surface area contributed by atoms with E-state index in [0.29, 0.717) is 13.1 Å². The Morgan fingerprint density at radius 2 is 1.52 bits per heavy atom. The zero-order chi connectivity index (χ0) is 24.2. The van der Waals surface area contributed by atoms with Crippen LogP contribution in [0.4, 0.5) is 0 Å². The second-order valence-corrected chi connectivity index (χ2v) is 9.78. The number of sulfone groups is 1. The third-order valence-electron chi connectivity index (χ3n) is 5.53. The van der Waals surface area contributed by atoms with Gasteiger partial charge in [0.25, 0.3) is 11.8 Å². The summed E-state index contributed by atoms with van der Waals surface area (Å²) in [5, 5.41) is 0.582. The Morgan fingerprint density at radius 3 is 2.09 bits per heavy atom. The Bertz CT molecular complexity index is 1140. The number of amides is 3. The Morgan fingerprint density at radius 1 is 0.939 bits per heavy atom. The van der Waals surface area contributed by atoms with Crippen LogP contribution >= 0.6 is 0 Å². The second-order valence-electron chi connectivity index (χ2n) is 7.74. The smallest absolute Gasteiger partial charge is 0.261 e. The van der Waals surface area contributed by atoms with Crippen molar-refractivity contribution >= 4 is 27.6 Å². The van der Waals surface area contributed by atoms with Crippen molar-refractivity contribution in [2.75, 3.05) is 33.3 Å². The molecule has 9 nitrogen and oxygen atoms in total. The minimum Gasteiger partial charge on any atom is -0.496 e. The van der Waals surface area contributed by atoms with Crippen LogP contribution in [-0.4, -0.2) is 74.6 Å². The van der Waals surface area contributed by atoms with Crippen LogP contribution in [0.15, 0.2) is 53.4 Å². The number of para-hydroxylation sites is 1. The van der Waals surface area contributed by atoms with E-state index in [4.69, 9.17) is 4.74 Å². The van der Waals surface area contributed by atoms with Crippen LogP contribution < -0.4 is 10.1 Å². The molecule has 1 fully saturated rings. The molecule has 1 N–H and O–H groups in total. The van der Waals surface area contributed by atoms with Crippen LogP contribution in [0.2, 0.25) is 0 Å². The monoisotopic (exact) mass is 473 g/mol. The molecule has 3 rings (SSSR count). The molecule has 1 saturated heterocycles. The Balaban J connectivity index is 1.94. The van der Waals surface area contributed by atoms with Gasteiger partial charge in [0.15, 0.2) is 0 Å². The number of ether oxygens (including phenoxy) is 1. The molecular formula is C23H27N3O6S. The van der Waals surface area contributed by atoms with Gasteiger partial charge in [0.1, 0.15) is 5.75 Å². The molecule has 2 aromatic carbocycles. The van der Waals surface area contributed by atoms with E-state index in [1.807, 2.05) is 6.92 Å². The molecule has 3 amide bonds. The molecule has 10 heteroatoms. The maximum Gasteiger partial charge on any atom is 0.261 e. The maximum atomic E-state index is 13.5. The van der Waals surface area contributed by atoms with E-state index in [-0.39, 0.29) is 35.2 Å². The average molecular weight is 474 g/mol. The number of carbonyl (C=O) groups is 3. The third-order valence-corrected chi connectivity index (χ3v) is 7.40. The van der Waals surface area contributed by atoms with Gasteiger partial charge in [-0.05, 0) is 31.2 Å². The van der Waals surface area contributed by atoms with Gasteiger partial charge in [0, 0.05) is 33.1 Å². The van der Waals surface area contributed by atoms with Crippen LogP contribution in [0.1, 0.15) is 22.8 Å². The molecular weight excluding hydrogens is 446 g/mol. The highest BCUT2D eigenvalue weighted by Gasteiger charge is 2.39. The summed E-state index contributed by atoms with van der Waals surface area (Å²) < 4.78 is 32.1. The third kappa shape index (κ3) is 5.33. The Kier molecular flexibility index (Phi) is 7.37. The Labute approximate surface area is 193 Å². The van der Waals surface area contributed by atoms with Gasteiger partial charge in [0.2, 0.25) is 21.1 Å². The van der Waals surface area contributed by atoms with Gasteiger partial charge in [-0.1, -0.05) is 29.8 Å². The lowest BCUT2D eigenvalue weighted by molar-refractivity contribution is -0.138. The Hall–Kier alpha value is -3.40. The van der Waals surface area contributed by atoms with E-state index in [2.05, 4.69) is 5.32 Å². The number of carbonyl (C=O) groups excluding carboxylic acids is 3. The number of piperazine rings is 1. The summed E-state index contributed by atoms with van der Waals surface area (Å²) in [5.41, 5.74) is 0.966. The summed E-state index contributed by atoms with van der Waals surface area (Å²) in [6.07, 6.45) is 0. The van der Waals surface area contributed by atoms with Crippen LogP contribution in [0.5, 0.6) is 5.75 Å². The molecule has 0 radical (unpaired) electrons. The first-order valence-electron chi connectivity index (χ1n) is 10.4. The zero-order valence-corrected chi connectivity index (χ0v) is 19.6. The van der Waals surface area contributed by atoms with Crippen LogP contribution in [0.25, 0.3) is 0 Å². The fourth-order valence-electron chi connectivity index (χ4n) is 3.57. The van der Waals surface area contributed by atoms with Crippen molar-refractivity contribution in [2.24, 2.45) is 0 Å². The first-order valence-corrected chi connectivity index (χ1v) is 12.0. The van der Waals surface area contributed by atoms with Crippen molar-refractivity contribution in [1.82, 2.24) is 15.1 Å². The molecule has 1 atom stereocenters. The molecule has 0 aliphatic carbocycles. The van der Waals surface area contributed by atoms with Gasteiger partial charge in [-0.3, -0.25) is 14.4 Å². The second kappa shape index (κ2) is 10.0. The van der Waals surface area contributed by atoms with E-state index >= 15 is 0 Å². The molecule has 1 heterocycles. The predicted molar refractivity (Wildman–Crippen MR) is 121 cm³/mol. The quantitative estimate of drug-likeness (QED) is 0.675. The maximum absolute atomic E-state index is 13.5. The number of hydrogen-bond donors (Lipinski definition) is 1. The molecule has 176 valence electrons. The van der Waals surface area contributed by atoms with Crippen molar-refractivity contribution in [1.29, 1.82) is 0 Å². The predicted octanol–water partition coefficient (Wildman–Crippen LogP) is 1.22. The van der Waals surface area contributed by atoms with E-state index in [1.165, 1.54) is 37.1 Å². The molecule has 1 aliphatic rings. The number of nitrogens with one attached hydrogen (secondary N) is 1. The van der Waals surface area contributed by atoms with Crippen molar-refractivity contribution in [3.63, 3.8) is 0 Å². The number of hydrogen-bond acceptors (Lipinski definition) is 6. The summed E-state index contributed by atoms with van der Waals surface area (Å²) in [4.78, 5) is 40.9. The van der Waals surface area contributed by atoms with Crippen LogP contribution in [0.3, 0.4) is 0 Å². The molecule has 0 spiro atoms. The highest BCUT2D eigenvalue weighted by molar-refractivity contribution is 7.92. The first kappa shape index (κ1) is 24.2. The number of nitrogens with zero attached hydrogens (tertiary/aromatic N) is 2. The highest BCUT2D eigenvalue weighted by Crippen LogP contribution is 2.21. The van der Waals surface area contributed by atoms with Crippen molar-refractivity contribution < 1.29 is 27.5 Å². The summed E-state index contributed by atoms with van der Waals surface area (Å²) in [7, 11) is -2.87. The molecule has 0 bridgehead atoms. The van der Waals surface area contributed by atoms with Gasteiger partial charge < -0.3 is 19.9 Å². The molecule has 1 aliphatic heterocycles. The normalized spacial score (nSPS) is 15.0. The van der Waals surface area contributed by atoms with Crippen molar-refractivity contribution in [3.05, 3.63) is 59.7 Å². The topological polar surface area (TPSA) is 113 Å². The fourth-order valence-corrected chi connectivity index (χ4v) is 5.04. The minimum absolute atomic E-state index is 0.0749. The summed E-state index contributed by atoms with van der Waals surface area (Å²) in [6.45, 7) is 4.18. The summed E-state index contributed by atoms with van der Waals surface area (Å²) >= 11 is 0. The molecule has 0 saturated carbocycles. The van der Waals surface area contributed by atoms with Crippen molar-refractivity contribution in [3.8, 4) is 5.75 Å². The number of rotatable bonds is 6. The van der Waals surface area contributed by atoms with E-state index in [9.17, 15) is 22.8 Å². The lowest BCUT2D eigenvalue weighted by atomic mass is 10.2. The standard InChI is InChI=1S/C23H27N3O6S/c1-16-8-10-18(11-9-16)33(30,31)22(23(29)26-14-12-25(13-15-26)17(2)27)24-21(28)19-6-4-5-7-20(19)32-3/h4-11,22H,12-15H2,1-3H3,(H,24,28)/t22-/m1/s1. The van der Waals surface area contributed by atoms with E-state index in [1.54, 1.807) is 35.2 Å². The van der Waals surface area contributed by atoms with E-state index < -0.39 is 27.0 Å².